The van der Waals surface area contributed by atoms with Crippen molar-refractivity contribution in [2.75, 3.05) is 19.5 Å². The van der Waals surface area contributed by atoms with E-state index in [2.05, 4.69) is 10.1 Å². The van der Waals surface area contributed by atoms with Crippen LogP contribution >= 0.6 is 0 Å². The van der Waals surface area contributed by atoms with Crippen molar-refractivity contribution >= 4 is 11.8 Å². The summed E-state index contributed by atoms with van der Waals surface area (Å²) in [4.78, 5) is 11.1. The van der Waals surface area contributed by atoms with Crippen LogP contribution in [0.25, 0.3) is 0 Å². The second-order valence-corrected chi connectivity index (χ2v) is 3.28. The Morgan fingerprint density at radius 1 is 1.27 bits per heavy atom. The van der Waals surface area contributed by atoms with E-state index in [1.54, 1.807) is 7.11 Å². The predicted octanol–water partition coefficient (Wildman–Crippen LogP) is 2.49. The highest BCUT2D eigenvalue weighted by atomic mass is 16.5. The van der Waals surface area contributed by atoms with Gasteiger partial charge in [0.2, 0.25) is 0 Å². The molecule has 0 spiro atoms. The second-order valence-electron chi connectivity index (χ2n) is 3.28. The molecule has 1 rings (SSSR count). The number of aryl methyl sites for hydroxylation is 2. The van der Waals surface area contributed by atoms with Crippen molar-refractivity contribution in [3.8, 4) is 5.75 Å². The zero-order valence-corrected chi connectivity index (χ0v) is 9.38. The number of methoxy groups -OCH3 is 2. The van der Waals surface area contributed by atoms with Crippen molar-refractivity contribution in [1.29, 1.82) is 0 Å². The van der Waals surface area contributed by atoms with Crippen LogP contribution in [0, 0.1) is 13.8 Å². The first-order valence-electron chi connectivity index (χ1n) is 4.58. The standard InChI is InChI=1S/C11H15NO3/c1-7-5-8(2)10(9(6-7)14-3)12-11(13)15-4/h5-6H,1-4H3,(H,12,13). The van der Waals surface area contributed by atoms with Crippen LogP contribution in [-0.4, -0.2) is 20.3 Å². The van der Waals surface area contributed by atoms with Gasteiger partial charge in [-0.3, -0.25) is 5.32 Å². The minimum Gasteiger partial charge on any atom is -0.495 e. The molecule has 0 saturated carbocycles. The maximum atomic E-state index is 11.1. The maximum absolute atomic E-state index is 11.1. The molecule has 0 saturated heterocycles. The zero-order valence-electron chi connectivity index (χ0n) is 9.38. The number of nitrogens with one attached hydrogen (secondary N) is 1. The van der Waals surface area contributed by atoms with Gasteiger partial charge in [0.25, 0.3) is 0 Å². The predicted molar refractivity (Wildman–Crippen MR) is 58.5 cm³/mol. The first-order chi connectivity index (χ1) is 7.08. The van der Waals surface area contributed by atoms with E-state index in [9.17, 15) is 4.79 Å². The van der Waals surface area contributed by atoms with Crippen LogP contribution in [0.2, 0.25) is 0 Å². The van der Waals surface area contributed by atoms with E-state index < -0.39 is 6.09 Å². The minimum absolute atomic E-state index is 0.500. The molecule has 82 valence electrons. The molecule has 1 N–H and O–H groups in total. The lowest BCUT2D eigenvalue weighted by Crippen LogP contribution is -2.13. The number of rotatable bonds is 2. The largest absolute Gasteiger partial charge is 0.495 e. The molecule has 0 radical (unpaired) electrons. The van der Waals surface area contributed by atoms with Crippen molar-refractivity contribution < 1.29 is 14.3 Å². The molecular formula is C11H15NO3. The zero-order chi connectivity index (χ0) is 11.4. The molecule has 0 unspecified atom stereocenters. The van der Waals surface area contributed by atoms with Gasteiger partial charge in [0.15, 0.2) is 0 Å². The summed E-state index contributed by atoms with van der Waals surface area (Å²) in [5, 5.41) is 2.62. The van der Waals surface area contributed by atoms with Gasteiger partial charge in [-0.1, -0.05) is 6.07 Å². The molecule has 0 heterocycles. The second kappa shape index (κ2) is 4.68. The Morgan fingerprint density at radius 2 is 1.93 bits per heavy atom. The van der Waals surface area contributed by atoms with Gasteiger partial charge in [0.05, 0.1) is 19.9 Å². The van der Waals surface area contributed by atoms with E-state index in [4.69, 9.17) is 4.74 Å². The first kappa shape index (κ1) is 11.4. The average Bonchev–Trinajstić information content (AvgIpc) is 2.21. The van der Waals surface area contributed by atoms with Gasteiger partial charge in [0.1, 0.15) is 5.75 Å². The Bertz CT molecular complexity index is 374. The number of hydrogen-bond donors (Lipinski definition) is 1. The van der Waals surface area contributed by atoms with Gasteiger partial charge < -0.3 is 9.47 Å². The Balaban J connectivity index is 3.09. The maximum Gasteiger partial charge on any atom is 0.411 e. The van der Waals surface area contributed by atoms with Crippen LogP contribution in [0.15, 0.2) is 12.1 Å². The number of carbonyl (C=O) groups excluding carboxylic acids is 1. The van der Waals surface area contributed by atoms with Crippen molar-refractivity contribution in [1.82, 2.24) is 0 Å². The molecule has 1 amide bonds. The molecule has 0 aromatic heterocycles. The third kappa shape index (κ3) is 2.62. The topological polar surface area (TPSA) is 47.6 Å². The van der Waals surface area contributed by atoms with E-state index in [1.165, 1.54) is 7.11 Å². The van der Waals surface area contributed by atoms with Crippen LogP contribution in [-0.2, 0) is 4.74 Å². The van der Waals surface area contributed by atoms with E-state index in [0.29, 0.717) is 11.4 Å². The summed E-state index contributed by atoms with van der Waals surface area (Å²) in [5.74, 6) is 0.637. The van der Waals surface area contributed by atoms with E-state index >= 15 is 0 Å². The summed E-state index contributed by atoms with van der Waals surface area (Å²) in [5.41, 5.74) is 2.67. The lowest BCUT2D eigenvalue weighted by atomic mass is 10.1. The van der Waals surface area contributed by atoms with Crippen LogP contribution in [0.5, 0.6) is 5.75 Å². The fourth-order valence-electron chi connectivity index (χ4n) is 1.40. The molecule has 0 aliphatic rings. The van der Waals surface area contributed by atoms with Crippen molar-refractivity contribution in [3.05, 3.63) is 23.3 Å². The highest BCUT2D eigenvalue weighted by Gasteiger charge is 2.10. The molecule has 15 heavy (non-hydrogen) atoms. The highest BCUT2D eigenvalue weighted by molar-refractivity contribution is 5.88. The SMILES string of the molecule is COC(=O)Nc1c(C)cc(C)cc1OC. The van der Waals surface area contributed by atoms with Gasteiger partial charge in [-0.05, 0) is 31.0 Å². The summed E-state index contributed by atoms with van der Waals surface area (Å²) in [7, 11) is 2.89. The number of hydrogen-bond acceptors (Lipinski definition) is 3. The van der Waals surface area contributed by atoms with Gasteiger partial charge >= 0.3 is 6.09 Å². The minimum atomic E-state index is -0.500. The Hall–Kier alpha value is -1.71. The summed E-state index contributed by atoms with van der Waals surface area (Å²) in [6.07, 6.45) is -0.500. The van der Waals surface area contributed by atoms with Crippen LogP contribution in [0.4, 0.5) is 10.5 Å². The van der Waals surface area contributed by atoms with Gasteiger partial charge in [-0.2, -0.15) is 0 Å². The molecule has 0 aliphatic heterocycles. The number of benzene rings is 1. The molecule has 0 atom stereocenters. The van der Waals surface area contributed by atoms with E-state index in [0.717, 1.165) is 11.1 Å². The summed E-state index contributed by atoms with van der Waals surface area (Å²) in [6, 6.07) is 3.83. The van der Waals surface area contributed by atoms with Crippen LogP contribution < -0.4 is 10.1 Å². The number of anilines is 1. The molecule has 4 nitrogen and oxygen atoms in total. The Morgan fingerprint density at radius 3 is 2.47 bits per heavy atom. The molecule has 1 aromatic carbocycles. The fourth-order valence-corrected chi connectivity index (χ4v) is 1.40. The average molecular weight is 209 g/mol. The van der Waals surface area contributed by atoms with Crippen molar-refractivity contribution in [3.63, 3.8) is 0 Å². The molecule has 0 bridgehead atoms. The highest BCUT2D eigenvalue weighted by Crippen LogP contribution is 2.29. The van der Waals surface area contributed by atoms with E-state index in [1.807, 2.05) is 26.0 Å². The summed E-state index contributed by atoms with van der Waals surface area (Å²) >= 11 is 0. The van der Waals surface area contributed by atoms with Gasteiger partial charge in [-0.25, -0.2) is 4.79 Å². The normalized spacial score (nSPS) is 9.60. The summed E-state index contributed by atoms with van der Waals surface area (Å²) in [6.45, 7) is 3.87. The van der Waals surface area contributed by atoms with Crippen LogP contribution in [0.3, 0.4) is 0 Å². The third-order valence-corrected chi connectivity index (χ3v) is 2.08. The lowest BCUT2D eigenvalue weighted by molar-refractivity contribution is 0.186. The summed E-state index contributed by atoms with van der Waals surface area (Å²) < 4.78 is 9.72. The molecular weight excluding hydrogens is 194 g/mol. The van der Waals surface area contributed by atoms with E-state index in [-0.39, 0.29) is 0 Å². The quantitative estimate of drug-likeness (QED) is 0.814. The Kier molecular flexibility index (Phi) is 3.55. The monoisotopic (exact) mass is 209 g/mol. The van der Waals surface area contributed by atoms with Gasteiger partial charge in [-0.15, -0.1) is 0 Å². The fraction of sp³-hybridized carbons (Fsp3) is 0.364. The molecule has 4 heteroatoms. The molecule has 0 fully saturated rings. The molecule has 1 aromatic rings. The van der Waals surface area contributed by atoms with Crippen molar-refractivity contribution in [2.45, 2.75) is 13.8 Å². The number of carbonyl (C=O) groups is 1. The van der Waals surface area contributed by atoms with Crippen LogP contribution in [0.1, 0.15) is 11.1 Å². The first-order valence-corrected chi connectivity index (χ1v) is 4.58. The van der Waals surface area contributed by atoms with Gasteiger partial charge in [0, 0.05) is 0 Å². The number of amides is 1. The third-order valence-electron chi connectivity index (χ3n) is 2.08. The molecule has 0 aliphatic carbocycles. The van der Waals surface area contributed by atoms with Crippen molar-refractivity contribution in [2.24, 2.45) is 0 Å². The smallest absolute Gasteiger partial charge is 0.411 e. The Labute approximate surface area is 89.2 Å². The lowest BCUT2D eigenvalue weighted by Gasteiger charge is -2.13. The number of ether oxygens (including phenoxy) is 2.